The van der Waals surface area contributed by atoms with Crippen LogP contribution in [-0.4, -0.2) is 29.9 Å². The number of benzene rings is 1. The van der Waals surface area contributed by atoms with E-state index in [1.165, 1.54) is 5.38 Å². The van der Waals surface area contributed by atoms with Crippen molar-refractivity contribution in [3.63, 3.8) is 0 Å². The van der Waals surface area contributed by atoms with Crippen molar-refractivity contribution < 1.29 is 53.4 Å². The van der Waals surface area contributed by atoms with Crippen molar-refractivity contribution in [2.75, 3.05) is 0 Å². The Labute approximate surface area is 165 Å². The van der Waals surface area contributed by atoms with E-state index < -0.39 is 58.7 Å². The summed E-state index contributed by atoms with van der Waals surface area (Å²) >= 11 is 0.778. The van der Waals surface area contributed by atoms with Gasteiger partial charge in [-0.3, -0.25) is 0 Å². The number of ether oxygens (including phenoxy) is 1. The van der Waals surface area contributed by atoms with Gasteiger partial charge in [0.1, 0.15) is 11.6 Å². The van der Waals surface area contributed by atoms with E-state index in [1.54, 1.807) is 0 Å². The summed E-state index contributed by atoms with van der Waals surface area (Å²) in [5.41, 5.74) is -1.90. The molecular formula is C17H8F10O2S. The van der Waals surface area contributed by atoms with E-state index in [-0.39, 0.29) is 0 Å². The molecule has 0 fully saturated rings. The lowest BCUT2D eigenvalue weighted by atomic mass is 9.99. The molecule has 0 spiro atoms. The molecule has 2 aromatic rings. The van der Waals surface area contributed by atoms with E-state index >= 15 is 0 Å². The third-order valence-electron chi connectivity index (χ3n) is 3.57. The van der Waals surface area contributed by atoms with Crippen LogP contribution in [0, 0.1) is 5.82 Å². The van der Waals surface area contributed by atoms with E-state index in [2.05, 4.69) is 4.74 Å². The van der Waals surface area contributed by atoms with Gasteiger partial charge in [-0.1, -0.05) is 0 Å². The highest BCUT2D eigenvalue weighted by Gasteiger charge is 2.81. The number of thiophene rings is 1. The van der Waals surface area contributed by atoms with Crippen molar-refractivity contribution in [3.05, 3.63) is 58.5 Å². The molecule has 0 aliphatic rings. The minimum atomic E-state index is -7.11. The smallest absolute Gasteiger partial charge is 0.423 e. The molecular weight excluding hydrogens is 458 g/mol. The highest BCUT2D eigenvalue weighted by molar-refractivity contribution is 7.08. The van der Waals surface area contributed by atoms with Gasteiger partial charge in [-0.15, -0.1) is 0 Å². The molecule has 1 aromatic carbocycles. The number of carbonyl (C=O) groups is 1. The fraction of sp³-hybridized carbons (Fsp3) is 0.235. The number of hydrogen-bond acceptors (Lipinski definition) is 3. The van der Waals surface area contributed by atoms with Gasteiger partial charge >= 0.3 is 29.9 Å². The Morgan fingerprint density at radius 3 is 1.90 bits per heavy atom. The van der Waals surface area contributed by atoms with Crippen LogP contribution in [0.1, 0.15) is 5.56 Å². The molecule has 0 amide bonds. The molecule has 0 radical (unpaired) electrons. The average molecular weight is 466 g/mol. The van der Waals surface area contributed by atoms with E-state index in [0.717, 1.165) is 47.0 Å². The molecule has 0 bridgehead atoms. The third kappa shape index (κ3) is 4.45. The lowest BCUT2D eigenvalue weighted by Gasteiger charge is -2.32. The van der Waals surface area contributed by atoms with Crippen LogP contribution in [0.5, 0.6) is 5.75 Å². The molecule has 13 heteroatoms. The first-order valence-corrected chi connectivity index (χ1v) is 8.48. The number of halogens is 10. The van der Waals surface area contributed by atoms with Gasteiger partial charge in [0.15, 0.2) is 0 Å². The van der Waals surface area contributed by atoms with Crippen LogP contribution >= 0.6 is 11.3 Å². The van der Waals surface area contributed by atoms with Crippen LogP contribution in [0.4, 0.5) is 43.9 Å². The molecule has 0 saturated carbocycles. The van der Waals surface area contributed by atoms with Crippen molar-refractivity contribution >= 4 is 22.9 Å². The van der Waals surface area contributed by atoms with Crippen molar-refractivity contribution in [2.24, 2.45) is 0 Å². The molecule has 2 nitrogen and oxygen atoms in total. The molecule has 0 saturated heterocycles. The second-order valence-corrected chi connectivity index (χ2v) is 6.46. The summed E-state index contributed by atoms with van der Waals surface area (Å²) in [4.78, 5) is 12.2. The summed E-state index contributed by atoms with van der Waals surface area (Å²) in [5.74, 6) is -23.1. The summed E-state index contributed by atoms with van der Waals surface area (Å²) in [5, 5.41) is 2.16. The Morgan fingerprint density at radius 1 is 0.867 bits per heavy atom. The molecule has 0 atom stereocenters. The van der Waals surface area contributed by atoms with Crippen LogP contribution < -0.4 is 4.74 Å². The molecule has 0 N–H and O–H groups in total. The van der Waals surface area contributed by atoms with Crippen molar-refractivity contribution in [1.29, 1.82) is 0 Å². The van der Waals surface area contributed by atoms with Gasteiger partial charge < -0.3 is 4.74 Å². The van der Waals surface area contributed by atoms with Crippen LogP contribution in [0.2, 0.25) is 0 Å². The summed E-state index contributed by atoms with van der Waals surface area (Å²) in [6.07, 6.45) is -8.01. The zero-order valence-corrected chi connectivity index (χ0v) is 14.9. The predicted octanol–water partition coefficient (Wildman–Crippen LogP) is 6.34. The van der Waals surface area contributed by atoms with Gasteiger partial charge in [0, 0.05) is 6.08 Å². The topological polar surface area (TPSA) is 26.3 Å². The van der Waals surface area contributed by atoms with Gasteiger partial charge in [0.05, 0.1) is 5.57 Å². The molecule has 1 aromatic heterocycles. The number of hydrogen-bond donors (Lipinski definition) is 0. The Kier molecular flexibility index (Phi) is 6.27. The average Bonchev–Trinajstić information content (AvgIpc) is 3.14. The van der Waals surface area contributed by atoms with E-state index in [9.17, 15) is 48.7 Å². The second kappa shape index (κ2) is 7.93. The SMILES string of the molecule is O=C(Oc1ccc(F)cc1)/C(=C/C(F)(F)C(F)(F)C(F)(F)C(F)(F)F)c1ccsc1. The summed E-state index contributed by atoms with van der Waals surface area (Å²) in [6.45, 7) is 0. The maximum Gasteiger partial charge on any atom is 0.460 e. The molecule has 0 unspecified atom stereocenters. The first-order valence-electron chi connectivity index (χ1n) is 7.53. The maximum atomic E-state index is 14.0. The summed E-state index contributed by atoms with van der Waals surface area (Å²) in [7, 11) is 0. The van der Waals surface area contributed by atoms with E-state index in [4.69, 9.17) is 0 Å². The van der Waals surface area contributed by atoms with E-state index in [0.29, 0.717) is 0 Å². The molecule has 0 aliphatic heterocycles. The van der Waals surface area contributed by atoms with Gasteiger partial charge in [-0.2, -0.15) is 50.9 Å². The number of allylic oxidation sites excluding steroid dienone is 1. The first kappa shape index (κ1) is 23.7. The van der Waals surface area contributed by atoms with Crippen molar-refractivity contribution in [1.82, 2.24) is 0 Å². The number of rotatable bonds is 6. The predicted molar refractivity (Wildman–Crippen MR) is 85.2 cm³/mol. The number of carbonyl (C=O) groups excluding carboxylic acids is 1. The van der Waals surface area contributed by atoms with Crippen LogP contribution in [0.3, 0.4) is 0 Å². The van der Waals surface area contributed by atoms with Gasteiger partial charge in [0.25, 0.3) is 0 Å². The number of alkyl halides is 9. The Hall–Kier alpha value is -2.57. The fourth-order valence-electron chi connectivity index (χ4n) is 2.00. The summed E-state index contributed by atoms with van der Waals surface area (Å²) in [6, 6.07) is 4.26. The maximum absolute atomic E-state index is 14.0. The highest BCUT2D eigenvalue weighted by atomic mass is 32.1. The minimum Gasteiger partial charge on any atom is -0.423 e. The molecule has 164 valence electrons. The van der Waals surface area contributed by atoms with Gasteiger partial charge in [-0.05, 0) is 46.7 Å². The Bertz CT molecular complexity index is 915. The highest BCUT2D eigenvalue weighted by Crippen LogP contribution is 2.54. The zero-order valence-electron chi connectivity index (χ0n) is 14.1. The largest absolute Gasteiger partial charge is 0.460 e. The van der Waals surface area contributed by atoms with Crippen LogP contribution in [-0.2, 0) is 4.79 Å². The van der Waals surface area contributed by atoms with Crippen molar-refractivity contribution in [3.8, 4) is 5.75 Å². The van der Waals surface area contributed by atoms with Crippen molar-refractivity contribution in [2.45, 2.75) is 23.9 Å². The first-order chi connectivity index (χ1) is 13.6. The molecule has 1 heterocycles. The standard InChI is InChI=1S/C17H8F10O2S/c18-10-1-3-11(4-2-10)29-13(28)12(9-5-6-30-8-9)7-14(19,20)15(21,22)16(23,24)17(25,26)27/h1-8H/b12-7+. The van der Waals surface area contributed by atoms with Gasteiger partial charge in [0.2, 0.25) is 0 Å². The molecule has 2 rings (SSSR count). The van der Waals surface area contributed by atoms with Gasteiger partial charge in [-0.25, -0.2) is 9.18 Å². The van der Waals surface area contributed by atoms with Crippen LogP contribution in [0.15, 0.2) is 47.2 Å². The van der Waals surface area contributed by atoms with E-state index in [1.807, 2.05) is 0 Å². The summed E-state index contributed by atoms with van der Waals surface area (Å²) < 4.78 is 135. The lowest BCUT2D eigenvalue weighted by Crippen LogP contribution is -2.60. The fourth-order valence-corrected chi connectivity index (χ4v) is 2.66. The Balaban J connectivity index is 2.50. The molecule has 30 heavy (non-hydrogen) atoms. The quantitative estimate of drug-likeness (QED) is 0.215. The Morgan fingerprint density at radius 2 is 1.43 bits per heavy atom. The monoisotopic (exact) mass is 466 g/mol. The normalized spacial score (nSPS) is 14.0. The number of esters is 1. The second-order valence-electron chi connectivity index (χ2n) is 5.68. The zero-order chi connectivity index (χ0) is 23.0. The lowest BCUT2D eigenvalue weighted by molar-refractivity contribution is -0.388. The van der Waals surface area contributed by atoms with Crippen LogP contribution in [0.25, 0.3) is 5.57 Å². The minimum absolute atomic E-state index is 0.432. The molecule has 0 aliphatic carbocycles. The third-order valence-corrected chi connectivity index (χ3v) is 4.25.